The van der Waals surface area contributed by atoms with Crippen LogP contribution in [0.15, 0.2) is 24.3 Å². The lowest BCUT2D eigenvalue weighted by Gasteiger charge is -2.28. The summed E-state index contributed by atoms with van der Waals surface area (Å²) in [5.74, 6) is -0.453. The van der Waals surface area contributed by atoms with Gasteiger partial charge in [-0.2, -0.15) is 0 Å². The molecule has 0 atom stereocenters. The molecule has 0 saturated carbocycles. The summed E-state index contributed by atoms with van der Waals surface area (Å²) in [6.07, 6.45) is 1.11. The number of hydrogen-bond donors (Lipinski definition) is 1. The molecule has 1 aromatic carbocycles. The Kier molecular flexibility index (Phi) is 5.21. The van der Waals surface area contributed by atoms with Crippen LogP contribution in [0, 0.1) is 6.92 Å². The number of imide groups is 1. The van der Waals surface area contributed by atoms with E-state index in [2.05, 4.69) is 29.3 Å². The fraction of sp³-hybridized carbons (Fsp3) is 0.500. The van der Waals surface area contributed by atoms with Gasteiger partial charge in [-0.3, -0.25) is 14.5 Å². The van der Waals surface area contributed by atoms with E-state index in [1.165, 1.54) is 11.3 Å². The van der Waals surface area contributed by atoms with Gasteiger partial charge in [-0.15, -0.1) is 0 Å². The third-order valence-corrected chi connectivity index (χ3v) is 4.76. The normalized spacial score (nSPS) is 18.8. The molecule has 0 unspecified atom stereocenters. The van der Waals surface area contributed by atoms with Crippen LogP contribution in [0.5, 0.6) is 0 Å². The van der Waals surface area contributed by atoms with Gasteiger partial charge in [0.15, 0.2) is 0 Å². The van der Waals surface area contributed by atoms with Gasteiger partial charge in [0.1, 0.15) is 6.54 Å². The van der Waals surface area contributed by atoms with Gasteiger partial charge in [0.25, 0.3) is 0 Å². The van der Waals surface area contributed by atoms with Crippen molar-refractivity contribution in [3.63, 3.8) is 0 Å². The van der Waals surface area contributed by atoms with Gasteiger partial charge in [-0.1, -0.05) is 18.2 Å². The van der Waals surface area contributed by atoms with Crippen molar-refractivity contribution in [1.82, 2.24) is 15.1 Å². The number of benzene rings is 1. The lowest BCUT2D eigenvalue weighted by atomic mass is 10.2. The minimum atomic E-state index is -0.471. The molecule has 0 aromatic heterocycles. The molecule has 134 valence electrons. The minimum Gasteiger partial charge on any atom is -0.369 e. The number of carbonyl (C=O) groups is 3. The molecule has 1 N–H and O–H groups in total. The Labute approximate surface area is 147 Å². The highest BCUT2D eigenvalue weighted by molar-refractivity contribution is 6.00. The fourth-order valence-electron chi connectivity index (χ4n) is 3.34. The average Bonchev–Trinajstić information content (AvgIpc) is 2.85. The summed E-state index contributed by atoms with van der Waals surface area (Å²) >= 11 is 0. The van der Waals surface area contributed by atoms with Crippen LogP contribution in [-0.4, -0.2) is 66.9 Å². The average molecular weight is 344 g/mol. The van der Waals surface area contributed by atoms with Crippen molar-refractivity contribution >= 4 is 23.5 Å². The molecule has 1 aromatic rings. The van der Waals surface area contributed by atoms with E-state index in [4.69, 9.17) is 0 Å². The number of para-hydroxylation sites is 1. The summed E-state index contributed by atoms with van der Waals surface area (Å²) in [5.41, 5.74) is 2.42. The molecule has 3 rings (SSSR count). The first-order chi connectivity index (χ1) is 12.1. The van der Waals surface area contributed by atoms with Crippen LogP contribution in [0.3, 0.4) is 0 Å². The third kappa shape index (κ3) is 3.92. The highest BCUT2D eigenvalue weighted by Crippen LogP contribution is 2.21. The topological polar surface area (TPSA) is 73.0 Å². The second-order valence-electron chi connectivity index (χ2n) is 6.47. The Morgan fingerprint density at radius 1 is 1.12 bits per heavy atom. The monoisotopic (exact) mass is 344 g/mol. The Morgan fingerprint density at radius 3 is 2.68 bits per heavy atom. The molecule has 0 spiro atoms. The maximum absolute atomic E-state index is 12.6. The summed E-state index contributed by atoms with van der Waals surface area (Å²) in [4.78, 5) is 41.3. The largest absolute Gasteiger partial charge is 0.369 e. The highest BCUT2D eigenvalue weighted by Gasteiger charge is 2.30. The van der Waals surface area contributed by atoms with Gasteiger partial charge in [0.2, 0.25) is 11.8 Å². The zero-order valence-electron chi connectivity index (χ0n) is 14.5. The second-order valence-corrected chi connectivity index (χ2v) is 6.47. The van der Waals surface area contributed by atoms with E-state index in [1.807, 2.05) is 12.1 Å². The molecule has 2 aliphatic heterocycles. The van der Waals surface area contributed by atoms with E-state index in [0.29, 0.717) is 19.6 Å². The molecular weight excluding hydrogens is 320 g/mol. The van der Waals surface area contributed by atoms with Crippen LogP contribution >= 0.6 is 0 Å². The van der Waals surface area contributed by atoms with Gasteiger partial charge in [0, 0.05) is 44.8 Å². The maximum Gasteiger partial charge on any atom is 0.324 e. The first-order valence-electron chi connectivity index (χ1n) is 8.73. The summed E-state index contributed by atoms with van der Waals surface area (Å²) in [6, 6.07) is 7.76. The molecule has 2 saturated heterocycles. The Bertz CT molecular complexity index is 660. The van der Waals surface area contributed by atoms with Gasteiger partial charge in [0.05, 0.1) is 0 Å². The predicted molar refractivity (Wildman–Crippen MR) is 94.3 cm³/mol. The highest BCUT2D eigenvalue weighted by atomic mass is 16.2. The lowest BCUT2D eigenvalue weighted by Crippen LogP contribution is -2.53. The van der Waals surface area contributed by atoms with Crippen LogP contribution in [0.25, 0.3) is 0 Å². The zero-order valence-corrected chi connectivity index (χ0v) is 14.5. The van der Waals surface area contributed by atoms with Crippen LogP contribution in [-0.2, 0) is 9.59 Å². The van der Waals surface area contributed by atoms with Gasteiger partial charge >= 0.3 is 6.03 Å². The molecule has 2 aliphatic rings. The number of hydrogen-bond acceptors (Lipinski definition) is 4. The Balaban J connectivity index is 1.61. The molecule has 25 heavy (non-hydrogen) atoms. The van der Waals surface area contributed by atoms with Crippen LogP contribution < -0.4 is 10.2 Å². The molecule has 0 aliphatic carbocycles. The number of nitrogens with one attached hydrogen (secondary N) is 1. The molecule has 2 fully saturated rings. The van der Waals surface area contributed by atoms with Gasteiger partial charge in [-0.25, -0.2) is 4.79 Å². The van der Waals surface area contributed by atoms with Gasteiger partial charge in [-0.05, 0) is 25.0 Å². The first kappa shape index (κ1) is 17.3. The van der Waals surface area contributed by atoms with E-state index < -0.39 is 6.03 Å². The van der Waals surface area contributed by atoms with Crippen molar-refractivity contribution in [2.24, 2.45) is 0 Å². The molecule has 0 bridgehead atoms. The van der Waals surface area contributed by atoms with Crippen LogP contribution in [0.2, 0.25) is 0 Å². The number of carbonyl (C=O) groups excluding carboxylic acids is 3. The Morgan fingerprint density at radius 2 is 1.92 bits per heavy atom. The fourth-order valence-corrected chi connectivity index (χ4v) is 3.34. The van der Waals surface area contributed by atoms with Gasteiger partial charge < -0.3 is 15.1 Å². The predicted octanol–water partition coefficient (Wildman–Crippen LogP) is 0.976. The summed E-state index contributed by atoms with van der Waals surface area (Å²) in [7, 11) is 0. The smallest absolute Gasteiger partial charge is 0.324 e. The van der Waals surface area contributed by atoms with Crippen LogP contribution in [0.4, 0.5) is 10.5 Å². The second kappa shape index (κ2) is 7.55. The van der Waals surface area contributed by atoms with E-state index in [1.54, 1.807) is 4.90 Å². The number of urea groups is 1. The Hall–Kier alpha value is -2.57. The molecule has 7 heteroatoms. The first-order valence-corrected chi connectivity index (χ1v) is 8.73. The van der Waals surface area contributed by atoms with Crippen molar-refractivity contribution in [1.29, 1.82) is 0 Å². The summed E-state index contributed by atoms with van der Waals surface area (Å²) in [5, 5.41) is 2.61. The standard InChI is InChI=1S/C18H24N4O3/c1-14-5-2-3-6-15(14)20-9-4-10-21(12-11-20)17(24)13-22-16(23)7-8-19-18(22)25/h2-3,5-6H,4,7-13H2,1H3,(H,19,25). The van der Waals surface area contributed by atoms with Crippen molar-refractivity contribution in [2.45, 2.75) is 19.8 Å². The van der Waals surface area contributed by atoms with E-state index >= 15 is 0 Å². The molecular formula is C18H24N4O3. The van der Waals surface area contributed by atoms with Crippen molar-refractivity contribution < 1.29 is 14.4 Å². The number of rotatable bonds is 3. The third-order valence-electron chi connectivity index (χ3n) is 4.76. The van der Waals surface area contributed by atoms with E-state index in [9.17, 15) is 14.4 Å². The van der Waals surface area contributed by atoms with Crippen molar-refractivity contribution in [2.75, 3.05) is 44.2 Å². The van der Waals surface area contributed by atoms with Crippen LogP contribution in [0.1, 0.15) is 18.4 Å². The van der Waals surface area contributed by atoms with Crippen molar-refractivity contribution in [3.8, 4) is 0 Å². The molecule has 2 heterocycles. The van der Waals surface area contributed by atoms with E-state index in [0.717, 1.165) is 24.4 Å². The molecule has 4 amide bonds. The van der Waals surface area contributed by atoms with E-state index in [-0.39, 0.29) is 24.8 Å². The lowest BCUT2D eigenvalue weighted by molar-refractivity contribution is -0.138. The number of aryl methyl sites for hydroxylation is 1. The molecule has 7 nitrogen and oxygen atoms in total. The minimum absolute atomic E-state index is 0.169. The summed E-state index contributed by atoms with van der Waals surface area (Å²) < 4.78 is 0. The number of nitrogens with zero attached hydrogens (tertiary/aromatic N) is 3. The summed E-state index contributed by atoms with van der Waals surface area (Å²) in [6.45, 7) is 5.13. The van der Waals surface area contributed by atoms with Crippen molar-refractivity contribution in [3.05, 3.63) is 29.8 Å². The number of amides is 4. The quantitative estimate of drug-likeness (QED) is 0.887. The number of anilines is 1. The molecule has 0 radical (unpaired) electrons. The zero-order chi connectivity index (χ0) is 17.8. The maximum atomic E-state index is 12.6. The SMILES string of the molecule is Cc1ccccc1N1CCCN(C(=O)CN2C(=O)CCNC2=O)CC1.